The van der Waals surface area contributed by atoms with Gasteiger partial charge in [-0.05, 0) is 49.7 Å². The van der Waals surface area contributed by atoms with Crippen LogP contribution in [0.5, 0.6) is 0 Å². The van der Waals surface area contributed by atoms with E-state index in [2.05, 4.69) is 10.0 Å². The molecule has 2 N–H and O–H groups in total. The molecule has 31 heavy (non-hydrogen) atoms. The van der Waals surface area contributed by atoms with Crippen LogP contribution in [0.3, 0.4) is 0 Å². The van der Waals surface area contributed by atoms with Gasteiger partial charge in [0.2, 0.25) is 15.9 Å². The van der Waals surface area contributed by atoms with E-state index in [1.807, 2.05) is 24.3 Å². The molecule has 8 nitrogen and oxygen atoms in total. The summed E-state index contributed by atoms with van der Waals surface area (Å²) in [5.41, 5.74) is 1.21. The van der Waals surface area contributed by atoms with Crippen molar-refractivity contribution in [1.82, 2.24) is 4.72 Å². The number of hydrogen-bond donors (Lipinski definition) is 2. The fraction of sp³-hybridized carbons (Fsp3) is 0.333. The Morgan fingerprint density at radius 1 is 1.23 bits per heavy atom. The molecule has 0 spiro atoms. The summed E-state index contributed by atoms with van der Waals surface area (Å²) in [6.45, 7) is 1.96. The predicted octanol–water partition coefficient (Wildman–Crippen LogP) is 2.57. The molecule has 0 aliphatic carbocycles. The van der Waals surface area contributed by atoms with Crippen molar-refractivity contribution >= 4 is 45.0 Å². The largest absolute Gasteiger partial charge is 0.383 e. The maximum Gasteiger partial charge on any atom is 0.261 e. The highest BCUT2D eigenvalue weighted by Gasteiger charge is 2.57. The van der Waals surface area contributed by atoms with Crippen LogP contribution in [0.2, 0.25) is 0 Å². The van der Waals surface area contributed by atoms with Gasteiger partial charge in [-0.3, -0.25) is 14.5 Å². The number of thioether (sulfide) groups is 1. The molecule has 4 rings (SSSR count). The van der Waals surface area contributed by atoms with Gasteiger partial charge >= 0.3 is 0 Å². The molecule has 2 amide bonds. The number of anilines is 2. The number of hydrogen-bond acceptors (Lipinski definition) is 6. The molecular weight excluding hydrogens is 438 g/mol. The highest BCUT2D eigenvalue weighted by atomic mass is 32.2. The smallest absolute Gasteiger partial charge is 0.261 e. The number of rotatable bonds is 7. The molecule has 2 aromatic carbocycles. The highest BCUT2D eigenvalue weighted by Crippen LogP contribution is 2.56. The monoisotopic (exact) mass is 461 g/mol. The minimum atomic E-state index is -3.70. The number of nitrogens with zero attached hydrogens (tertiary/aromatic N) is 1. The lowest BCUT2D eigenvalue weighted by molar-refractivity contribution is -0.121. The van der Waals surface area contributed by atoms with E-state index in [4.69, 9.17) is 4.74 Å². The maximum absolute atomic E-state index is 13.3. The molecule has 0 bridgehead atoms. The lowest BCUT2D eigenvalue weighted by atomic mass is 10.1. The fourth-order valence-corrected chi connectivity index (χ4v) is 6.50. The summed E-state index contributed by atoms with van der Waals surface area (Å²) in [5.74, 6) is -0.382. The third kappa shape index (κ3) is 3.96. The normalized spacial score (nSPS) is 21.0. The van der Waals surface area contributed by atoms with Crippen molar-refractivity contribution in [2.24, 2.45) is 0 Å². The van der Waals surface area contributed by atoms with E-state index in [0.717, 1.165) is 10.6 Å². The molecule has 0 aromatic heterocycles. The summed E-state index contributed by atoms with van der Waals surface area (Å²) in [4.78, 5) is 27.3. The standard InChI is InChI=1S/C21H23N3O5S2/c1-14(13-29-2)23-31(27,28)16-9-7-15(8-10-16)22-20(26)21-12-11-19(25)24(21)17-5-3-4-6-18(17)30-21/h3-10,14,23H,11-13H2,1-2H3,(H,22,26). The zero-order valence-corrected chi connectivity index (χ0v) is 18.8. The van der Waals surface area contributed by atoms with Gasteiger partial charge in [0, 0.05) is 30.2 Å². The second-order valence-electron chi connectivity index (χ2n) is 7.54. The van der Waals surface area contributed by atoms with Gasteiger partial charge in [0.05, 0.1) is 17.2 Å². The Labute approximate surface area is 185 Å². The van der Waals surface area contributed by atoms with Crippen molar-refractivity contribution in [3.8, 4) is 0 Å². The minimum absolute atomic E-state index is 0.0784. The summed E-state index contributed by atoms with van der Waals surface area (Å²) in [6, 6.07) is 13.0. The molecule has 2 aliphatic rings. The molecule has 2 aliphatic heterocycles. The van der Waals surface area contributed by atoms with Gasteiger partial charge in [0.25, 0.3) is 5.91 Å². The number of carbonyl (C=O) groups excluding carboxylic acids is 2. The lowest BCUT2D eigenvalue weighted by Gasteiger charge is -2.29. The van der Waals surface area contributed by atoms with Crippen LogP contribution < -0.4 is 14.9 Å². The highest BCUT2D eigenvalue weighted by molar-refractivity contribution is 8.02. The first-order valence-corrected chi connectivity index (χ1v) is 12.1. The van der Waals surface area contributed by atoms with E-state index in [1.54, 1.807) is 11.8 Å². The number of nitrogens with one attached hydrogen (secondary N) is 2. The molecule has 0 radical (unpaired) electrons. The van der Waals surface area contributed by atoms with Crippen LogP contribution in [0.25, 0.3) is 0 Å². The molecule has 2 aromatic rings. The van der Waals surface area contributed by atoms with E-state index in [1.165, 1.54) is 43.1 Å². The molecule has 1 saturated heterocycles. The third-order valence-corrected chi connectivity index (χ3v) is 8.30. The zero-order chi connectivity index (χ0) is 22.2. The van der Waals surface area contributed by atoms with Crippen molar-refractivity contribution in [2.45, 2.75) is 40.5 Å². The average molecular weight is 462 g/mol. The second-order valence-corrected chi connectivity index (χ2v) is 10.6. The SMILES string of the molecule is COCC(C)NS(=O)(=O)c1ccc(NC(=O)C23CCC(=O)N2c2ccccc2S3)cc1. The van der Waals surface area contributed by atoms with E-state index in [-0.39, 0.29) is 29.4 Å². The van der Waals surface area contributed by atoms with Crippen LogP contribution in [0.4, 0.5) is 11.4 Å². The molecular formula is C21H23N3O5S2. The number of amides is 2. The van der Waals surface area contributed by atoms with Crippen molar-refractivity contribution < 1.29 is 22.7 Å². The maximum atomic E-state index is 13.3. The number of benzene rings is 2. The first kappa shape index (κ1) is 21.8. The number of para-hydroxylation sites is 1. The van der Waals surface area contributed by atoms with Gasteiger partial charge in [-0.2, -0.15) is 0 Å². The van der Waals surface area contributed by atoms with Gasteiger partial charge < -0.3 is 10.1 Å². The van der Waals surface area contributed by atoms with Crippen molar-refractivity contribution in [1.29, 1.82) is 0 Å². The summed E-state index contributed by atoms with van der Waals surface area (Å²) in [6.07, 6.45) is 0.710. The molecule has 2 unspecified atom stereocenters. The van der Waals surface area contributed by atoms with Crippen molar-refractivity contribution in [3.63, 3.8) is 0 Å². The summed E-state index contributed by atoms with van der Waals surface area (Å²) in [5, 5.41) is 2.85. The number of fused-ring (bicyclic) bond motifs is 3. The Balaban J connectivity index is 1.51. The van der Waals surface area contributed by atoms with Crippen LogP contribution in [0.15, 0.2) is 58.3 Å². The Morgan fingerprint density at radius 3 is 2.65 bits per heavy atom. The van der Waals surface area contributed by atoms with Crippen molar-refractivity contribution in [3.05, 3.63) is 48.5 Å². The van der Waals surface area contributed by atoms with Crippen molar-refractivity contribution in [2.75, 3.05) is 23.9 Å². The Kier molecular flexibility index (Phi) is 5.82. The second kappa shape index (κ2) is 8.27. The van der Waals surface area contributed by atoms with Gasteiger partial charge in [-0.15, -0.1) is 0 Å². The fourth-order valence-electron chi connectivity index (χ4n) is 3.86. The zero-order valence-electron chi connectivity index (χ0n) is 17.1. The van der Waals surface area contributed by atoms with Crippen LogP contribution in [-0.2, 0) is 24.3 Å². The Bertz CT molecular complexity index is 1120. The van der Waals surface area contributed by atoms with Crippen LogP contribution in [0, 0.1) is 0 Å². The van der Waals surface area contributed by atoms with Gasteiger partial charge in [-0.1, -0.05) is 23.9 Å². The molecule has 10 heteroatoms. The topological polar surface area (TPSA) is 105 Å². The van der Waals surface area contributed by atoms with Gasteiger partial charge in [-0.25, -0.2) is 13.1 Å². The molecule has 164 valence electrons. The summed E-state index contributed by atoms with van der Waals surface area (Å²) < 4.78 is 32.4. The lowest BCUT2D eigenvalue weighted by Crippen LogP contribution is -2.49. The van der Waals surface area contributed by atoms with Crippen LogP contribution in [-0.4, -0.2) is 44.9 Å². The summed E-state index contributed by atoms with van der Waals surface area (Å²) in [7, 11) is -2.20. The van der Waals surface area contributed by atoms with Crippen LogP contribution >= 0.6 is 11.8 Å². The number of methoxy groups -OCH3 is 1. The molecule has 1 fully saturated rings. The Hall–Kier alpha value is -2.40. The average Bonchev–Trinajstić information content (AvgIpc) is 3.24. The Morgan fingerprint density at radius 2 is 1.94 bits per heavy atom. The number of sulfonamides is 1. The quantitative estimate of drug-likeness (QED) is 0.657. The molecule has 0 saturated carbocycles. The van der Waals surface area contributed by atoms with Gasteiger partial charge in [0.15, 0.2) is 4.87 Å². The predicted molar refractivity (Wildman–Crippen MR) is 118 cm³/mol. The molecule has 2 atom stereocenters. The summed E-state index contributed by atoms with van der Waals surface area (Å²) >= 11 is 1.38. The van der Waals surface area contributed by atoms with Crippen LogP contribution in [0.1, 0.15) is 19.8 Å². The third-order valence-electron chi connectivity index (χ3n) is 5.22. The van der Waals surface area contributed by atoms with E-state index < -0.39 is 14.9 Å². The van der Waals surface area contributed by atoms with Gasteiger partial charge in [0.1, 0.15) is 0 Å². The first-order valence-electron chi connectivity index (χ1n) is 9.81. The number of ether oxygens (including phenoxy) is 1. The van der Waals surface area contributed by atoms with E-state index >= 15 is 0 Å². The van der Waals surface area contributed by atoms with E-state index in [9.17, 15) is 18.0 Å². The molecule has 2 heterocycles. The van der Waals surface area contributed by atoms with E-state index in [0.29, 0.717) is 18.5 Å². The first-order chi connectivity index (χ1) is 14.8. The minimum Gasteiger partial charge on any atom is -0.383 e. The number of carbonyl (C=O) groups is 2.